The second-order valence-electron chi connectivity index (χ2n) is 7.77. The topological polar surface area (TPSA) is 81.4 Å². The van der Waals surface area contributed by atoms with Crippen LogP contribution in [0.4, 0.5) is 5.82 Å². The first-order valence-electron chi connectivity index (χ1n) is 10.8. The number of aromatic nitrogens is 3. The lowest BCUT2D eigenvalue weighted by atomic mass is 10.0. The lowest BCUT2D eigenvalue weighted by molar-refractivity contribution is 0.0526. The first kappa shape index (κ1) is 22.4. The third-order valence-corrected chi connectivity index (χ3v) is 6.12. The normalized spacial score (nSPS) is 13.0. The Kier molecular flexibility index (Phi) is 6.22. The van der Waals surface area contributed by atoms with Crippen molar-refractivity contribution in [1.82, 2.24) is 15.1 Å². The predicted molar refractivity (Wildman–Crippen MR) is 130 cm³/mol. The van der Waals surface area contributed by atoms with Crippen LogP contribution in [0.2, 0.25) is 10.0 Å². The van der Waals surface area contributed by atoms with Gasteiger partial charge in [-0.2, -0.15) is 0 Å². The molecule has 2 aromatic heterocycles. The van der Waals surface area contributed by atoms with Gasteiger partial charge < -0.3 is 14.2 Å². The Bertz CT molecular complexity index is 1340. The minimum Gasteiger partial charge on any atom is -0.462 e. The zero-order valence-electron chi connectivity index (χ0n) is 18.3. The number of hydrogen-bond donors (Lipinski definition) is 0. The smallest absolute Gasteiger partial charge is 0.343 e. The molecule has 0 fully saturated rings. The molecule has 0 atom stereocenters. The number of nitrogens with zero attached hydrogens (tertiary/aromatic N) is 4. The first-order chi connectivity index (χ1) is 16.5. The minimum absolute atomic E-state index is 0.259. The van der Waals surface area contributed by atoms with Crippen LogP contribution in [0, 0.1) is 0 Å². The van der Waals surface area contributed by atoms with Gasteiger partial charge in [0.2, 0.25) is 0 Å². The summed E-state index contributed by atoms with van der Waals surface area (Å²) < 4.78 is 10.9. The van der Waals surface area contributed by atoms with Crippen molar-refractivity contribution in [3.63, 3.8) is 0 Å². The number of carbonyl (C=O) groups excluding carboxylic acids is 1. The van der Waals surface area contributed by atoms with Crippen LogP contribution >= 0.6 is 23.2 Å². The van der Waals surface area contributed by atoms with Gasteiger partial charge in [0.25, 0.3) is 0 Å². The molecule has 0 bridgehead atoms. The Hall–Kier alpha value is -3.42. The Labute approximate surface area is 206 Å². The predicted octanol–water partition coefficient (Wildman–Crippen LogP) is 5.84. The van der Waals surface area contributed by atoms with Crippen LogP contribution < -0.4 is 4.90 Å². The van der Waals surface area contributed by atoms with Crippen LogP contribution in [-0.2, 0) is 17.7 Å². The van der Waals surface area contributed by atoms with E-state index in [1.54, 1.807) is 19.1 Å². The summed E-state index contributed by atoms with van der Waals surface area (Å²) in [6.07, 6.45) is 2.20. The van der Waals surface area contributed by atoms with Crippen molar-refractivity contribution in [1.29, 1.82) is 0 Å². The minimum atomic E-state index is -0.465. The van der Waals surface area contributed by atoms with Gasteiger partial charge in [0.05, 0.1) is 13.2 Å². The van der Waals surface area contributed by atoms with Crippen LogP contribution in [0.5, 0.6) is 0 Å². The number of esters is 1. The molecular formula is C25H20Cl2N4O3. The number of hydrogen-bond acceptors (Lipinski definition) is 7. The van der Waals surface area contributed by atoms with E-state index in [1.807, 2.05) is 41.3 Å². The van der Waals surface area contributed by atoms with Crippen LogP contribution in [-0.4, -0.2) is 34.2 Å². The molecule has 2 aromatic carbocycles. The maximum atomic E-state index is 12.7. The SMILES string of the molecule is CCOC(=O)c1cnc(-c2ccc(Cl)cc2)nc1N1CCc2c(noc2-c2ccc(Cl)cc2)C1. The van der Waals surface area contributed by atoms with Gasteiger partial charge in [0.15, 0.2) is 11.6 Å². The largest absolute Gasteiger partial charge is 0.462 e. The fourth-order valence-corrected chi connectivity index (χ4v) is 4.20. The molecule has 5 rings (SSSR count). The van der Waals surface area contributed by atoms with Crippen LogP contribution in [0.15, 0.2) is 59.3 Å². The van der Waals surface area contributed by atoms with Crippen molar-refractivity contribution in [2.24, 2.45) is 0 Å². The number of halogens is 2. The standard InChI is InChI=1S/C25H20Cl2N4O3/c1-2-33-25(32)20-13-28-23(16-5-9-18(27)10-6-16)29-24(20)31-12-11-19-21(14-31)30-34-22(19)15-3-7-17(26)8-4-15/h3-10,13H,2,11-12,14H2,1H3. The second-order valence-corrected chi connectivity index (χ2v) is 8.65. The van der Waals surface area contributed by atoms with E-state index in [9.17, 15) is 4.79 Å². The molecule has 1 aliphatic heterocycles. The summed E-state index contributed by atoms with van der Waals surface area (Å²) in [6, 6.07) is 14.7. The van der Waals surface area contributed by atoms with Crippen LogP contribution in [0.1, 0.15) is 28.5 Å². The molecule has 7 nitrogen and oxygen atoms in total. The van der Waals surface area contributed by atoms with Crippen LogP contribution in [0.3, 0.4) is 0 Å². The number of benzene rings is 2. The fraction of sp³-hybridized carbons (Fsp3) is 0.200. The summed E-state index contributed by atoms with van der Waals surface area (Å²) in [5.74, 6) is 1.27. The van der Waals surface area contributed by atoms with E-state index in [4.69, 9.17) is 37.4 Å². The molecule has 3 heterocycles. The molecule has 0 amide bonds. The third-order valence-electron chi connectivity index (χ3n) is 5.61. The zero-order valence-corrected chi connectivity index (χ0v) is 19.8. The molecule has 0 N–H and O–H groups in total. The highest BCUT2D eigenvalue weighted by atomic mass is 35.5. The molecule has 0 saturated heterocycles. The van der Waals surface area contributed by atoms with Crippen molar-refractivity contribution in [3.05, 3.63) is 81.6 Å². The molecule has 0 saturated carbocycles. The molecule has 172 valence electrons. The molecule has 34 heavy (non-hydrogen) atoms. The monoisotopic (exact) mass is 494 g/mol. The van der Waals surface area contributed by atoms with Gasteiger partial charge in [-0.05, 0) is 61.9 Å². The fourth-order valence-electron chi connectivity index (χ4n) is 3.94. The van der Waals surface area contributed by atoms with Gasteiger partial charge in [-0.3, -0.25) is 0 Å². The van der Waals surface area contributed by atoms with Crippen molar-refractivity contribution >= 4 is 35.0 Å². The molecular weight excluding hydrogens is 475 g/mol. The van der Waals surface area contributed by atoms with Crippen molar-refractivity contribution in [3.8, 4) is 22.7 Å². The van der Waals surface area contributed by atoms with Gasteiger partial charge >= 0.3 is 5.97 Å². The average molecular weight is 495 g/mol. The number of fused-ring (bicyclic) bond motifs is 1. The maximum Gasteiger partial charge on any atom is 0.343 e. The van der Waals surface area contributed by atoms with E-state index in [0.717, 1.165) is 28.1 Å². The van der Waals surface area contributed by atoms with Crippen LogP contribution in [0.25, 0.3) is 22.7 Å². The Balaban J connectivity index is 1.50. The maximum absolute atomic E-state index is 12.7. The van der Waals surface area contributed by atoms with Crippen molar-refractivity contribution in [2.75, 3.05) is 18.1 Å². The summed E-state index contributed by atoms with van der Waals surface area (Å²) in [7, 11) is 0. The first-order valence-corrected chi connectivity index (χ1v) is 11.6. The summed E-state index contributed by atoms with van der Waals surface area (Å²) >= 11 is 12.0. The third kappa shape index (κ3) is 4.36. The zero-order chi connectivity index (χ0) is 23.7. The lowest BCUT2D eigenvalue weighted by Crippen LogP contribution is -2.32. The van der Waals surface area contributed by atoms with E-state index >= 15 is 0 Å². The summed E-state index contributed by atoms with van der Waals surface area (Å²) in [4.78, 5) is 23.8. The van der Waals surface area contributed by atoms with Gasteiger partial charge in [-0.25, -0.2) is 14.8 Å². The van der Waals surface area contributed by atoms with Gasteiger partial charge in [0, 0.05) is 39.5 Å². The van der Waals surface area contributed by atoms with E-state index in [1.165, 1.54) is 6.20 Å². The van der Waals surface area contributed by atoms with Crippen molar-refractivity contribution < 1.29 is 14.1 Å². The summed E-state index contributed by atoms with van der Waals surface area (Å²) in [5.41, 5.74) is 3.88. The number of anilines is 1. The molecule has 0 aliphatic carbocycles. The highest BCUT2D eigenvalue weighted by Gasteiger charge is 2.29. The second kappa shape index (κ2) is 9.44. The highest BCUT2D eigenvalue weighted by molar-refractivity contribution is 6.30. The Morgan fingerprint density at radius 1 is 1.06 bits per heavy atom. The van der Waals surface area contributed by atoms with Gasteiger partial charge in [-0.1, -0.05) is 28.4 Å². The molecule has 1 aliphatic rings. The highest BCUT2D eigenvalue weighted by Crippen LogP contribution is 2.33. The van der Waals surface area contributed by atoms with Gasteiger partial charge in [-0.15, -0.1) is 0 Å². The summed E-state index contributed by atoms with van der Waals surface area (Å²) in [6.45, 7) is 3.09. The number of carbonyl (C=O) groups is 1. The van der Waals surface area contributed by atoms with E-state index < -0.39 is 5.97 Å². The molecule has 0 radical (unpaired) electrons. The average Bonchev–Trinajstić information content (AvgIpc) is 3.28. The number of ether oxygens (including phenoxy) is 1. The van der Waals surface area contributed by atoms with E-state index in [2.05, 4.69) is 10.1 Å². The molecule has 4 aromatic rings. The molecule has 0 unspecified atom stereocenters. The van der Waals surface area contributed by atoms with Crippen molar-refractivity contribution in [2.45, 2.75) is 19.9 Å². The van der Waals surface area contributed by atoms with E-state index in [0.29, 0.717) is 46.8 Å². The summed E-state index contributed by atoms with van der Waals surface area (Å²) in [5, 5.41) is 5.59. The lowest BCUT2D eigenvalue weighted by Gasteiger charge is -2.28. The van der Waals surface area contributed by atoms with Gasteiger partial charge in [0.1, 0.15) is 17.1 Å². The number of rotatable bonds is 5. The Morgan fingerprint density at radius 3 is 2.41 bits per heavy atom. The van der Waals surface area contributed by atoms with E-state index in [-0.39, 0.29) is 6.61 Å². The Morgan fingerprint density at radius 2 is 1.74 bits per heavy atom. The quantitative estimate of drug-likeness (QED) is 0.322. The molecule has 9 heteroatoms. The molecule has 0 spiro atoms.